The summed E-state index contributed by atoms with van der Waals surface area (Å²) in [6.07, 6.45) is 0. The SMILES string of the molecule is COc1c(I)cc(C2C(C(=O)Nc3ccccc3)=C(C)Nc3nc4ccccc4n32)cc1I. The Hall–Kier alpha value is -2.60. The highest BCUT2D eigenvalue weighted by Crippen LogP contribution is 2.41. The minimum Gasteiger partial charge on any atom is -0.495 e. The molecule has 33 heavy (non-hydrogen) atoms. The molecule has 1 amide bonds. The molecule has 166 valence electrons. The van der Waals surface area contributed by atoms with Gasteiger partial charge in [-0.25, -0.2) is 4.98 Å². The summed E-state index contributed by atoms with van der Waals surface area (Å²) in [7, 11) is 1.67. The molecule has 0 spiro atoms. The first-order chi connectivity index (χ1) is 16.0. The second-order valence-corrected chi connectivity index (χ2v) is 10.0. The highest BCUT2D eigenvalue weighted by atomic mass is 127. The standard InChI is InChI=1S/C25H20I2N4O2/c1-14-21(24(32)29-16-8-4-3-5-9-16)22(15-12-17(26)23(33-2)18(27)13-15)31-20-11-7-6-10-19(20)30-25(31)28-14/h3-13,22H,1-2H3,(H,28,30)(H,29,32). The number of imidazole rings is 1. The van der Waals surface area contributed by atoms with Gasteiger partial charge in [0.05, 0.1) is 36.9 Å². The third-order valence-corrected chi connectivity index (χ3v) is 7.25. The summed E-state index contributed by atoms with van der Waals surface area (Å²) in [6.45, 7) is 1.93. The number of methoxy groups -OCH3 is 1. The fourth-order valence-corrected chi connectivity index (χ4v) is 6.48. The number of fused-ring (bicyclic) bond motifs is 3. The number of hydrogen-bond acceptors (Lipinski definition) is 4. The van der Waals surface area contributed by atoms with Gasteiger partial charge in [-0.2, -0.15) is 0 Å². The maximum atomic E-state index is 13.7. The molecule has 0 aliphatic carbocycles. The molecule has 0 fully saturated rings. The van der Waals surface area contributed by atoms with Crippen LogP contribution in [0.5, 0.6) is 5.75 Å². The molecule has 1 unspecified atom stereocenters. The van der Waals surface area contributed by atoms with Crippen molar-refractivity contribution in [2.24, 2.45) is 0 Å². The van der Waals surface area contributed by atoms with Gasteiger partial charge in [0, 0.05) is 11.4 Å². The number of ether oxygens (including phenoxy) is 1. The van der Waals surface area contributed by atoms with Crippen molar-refractivity contribution in [1.29, 1.82) is 0 Å². The van der Waals surface area contributed by atoms with Crippen LogP contribution in [-0.4, -0.2) is 22.6 Å². The Kier molecular flexibility index (Phi) is 6.04. The van der Waals surface area contributed by atoms with Crippen LogP contribution in [0.2, 0.25) is 0 Å². The summed E-state index contributed by atoms with van der Waals surface area (Å²) in [5.41, 5.74) is 5.00. The number of aromatic nitrogens is 2. The fraction of sp³-hybridized carbons (Fsp3) is 0.120. The molecule has 6 nitrogen and oxygen atoms in total. The van der Waals surface area contributed by atoms with E-state index >= 15 is 0 Å². The number of rotatable bonds is 4. The molecule has 1 aliphatic heterocycles. The van der Waals surface area contributed by atoms with E-state index in [1.54, 1.807) is 7.11 Å². The van der Waals surface area contributed by atoms with Gasteiger partial charge in [0.15, 0.2) is 0 Å². The van der Waals surface area contributed by atoms with Gasteiger partial charge in [-0.15, -0.1) is 0 Å². The second-order valence-electron chi connectivity index (χ2n) is 7.70. The van der Waals surface area contributed by atoms with Crippen molar-refractivity contribution in [2.45, 2.75) is 13.0 Å². The molecule has 5 rings (SSSR count). The molecular weight excluding hydrogens is 642 g/mol. The van der Waals surface area contributed by atoms with Gasteiger partial charge in [0.25, 0.3) is 5.91 Å². The predicted octanol–water partition coefficient (Wildman–Crippen LogP) is 6.18. The molecule has 0 bridgehead atoms. The largest absolute Gasteiger partial charge is 0.495 e. The van der Waals surface area contributed by atoms with E-state index in [1.807, 2.05) is 61.5 Å². The Morgan fingerprint density at radius 3 is 2.42 bits per heavy atom. The average molecular weight is 662 g/mol. The third kappa shape index (κ3) is 3.99. The van der Waals surface area contributed by atoms with Crippen molar-refractivity contribution in [3.8, 4) is 5.75 Å². The summed E-state index contributed by atoms with van der Waals surface area (Å²) < 4.78 is 9.66. The highest BCUT2D eigenvalue weighted by Gasteiger charge is 2.34. The summed E-state index contributed by atoms with van der Waals surface area (Å²) >= 11 is 4.57. The Morgan fingerprint density at radius 1 is 1.06 bits per heavy atom. The maximum absolute atomic E-state index is 13.7. The molecule has 0 radical (unpaired) electrons. The molecule has 0 saturated heterocycles. The Bertz CT molecular complexity index is 1390. The van der Waals surface area contributed by atoms with Crippen LogP contribution in [0.1, 0.15) is 18.5 Å². The summed E-state index contributed by atoms with van der Waals surface area (Å²) in [5.74, 6) is 1.40. The number of hydrogen-bond donors (Lipinski definition) is 2. The molecule has 1 atom stereocenters. The molecule has 4 aromatic rings. The molecule has 2 heterocycles. The van der Waals surface area contributed by atoms with Crippen molar-refractivity contribution in [3.63, 3.8) is 0 Å². The topological polar surface area (TPSA) is 68.2 Å². The maximum Gasteiger partial charge on any atom is 0.255 e. The summed E-state index contributed by atoms with van der Waals surface area (Å²) in [5, 5.41) is 6.43. The first-order valence-electron chi connectivity index (χ1n) is 10.3. The van der Waals surface area contributed by atoms with E-state index in [0.717, 1.165) is 46.8 Å². The van der Waals surface area contributed by atoms with E-state index in [-0.39, 0.29) is 11.9 Å². The van der Waals surface area contributed by atoms with Crippen LogP contribution in [0.25, 0.3) is 11.0 Å². The number of nitrogens with zero attached hydrogens (tertiary/aromatic N) is 2. The monoisotopic (exact) mass is 662 g/mol. The zero-order valence-corrected chi connectivity index (χ0v) is 22.2. The first kappa shape index (κ1) is 22.2. The molecule has 8 heteroatoms. The lowest BCUT2D eigenvalue weighted by Gasteiger charge is -2.31. The zero-order valence-electron chi connectivity index (χ0n) is 17.9. The van der Waals surface area contributed by atoms with Crippen molar-refractivity contribution >= 4 is 73.8 Å². The average Bonchev–Trinajstić information content (AvgIpc) is 3.16. The molecule has 0 saturated carbocycles. The van der Waals surface area contributed by atoms with Crippen LogP contribution >= 0.6 is 45.2 Å². The smallest absolute Gasteiger partial charge is 0.255 e. The number of halogens is 2. The van der Waals surface area contributed by atoms with E-state index in [0.29, 0.717) is 5.57 Å². The van der Waals surface area contributed by atoms with Crippen LogP contribution in [-0.2, 0) is 4.79 Å². The Balaban J connectivity index is 1.71. The van der Waals surface area contributed by atoms with E-state index in [2.05, 4.69) is 72.5 Å². The lowest BCUT2D eigenvalue weighted by atomic mass is 9.94. The normalized spacial score (nSPS) is 15.2. The lowest BCUT2D eigenvalue weighted by molar-refractivity contribution is -0.113. The number of carbonyl (C=O) groups excluding carboxylic acids is 1. The third-order valence-electron chi connectivity index (χ3n) is 5.65. The van der Waals surface area contributed by atoms with Crippen LogP contribution in [0, 0.1) is 7.14 Å². The number of nitrogens with one attached hydrogen (secondary N) is 2. The minimum atomic E-state index is -0.356. The van der Waals surface area contributed by atoms with Crippen LogP contribution in [0.3, 0.4) is 0 Å². The zero-order chi connectivity index (χ0) is 23.1. The number of amides is 1. The van der Waals surface area contributed by atoms with E-state index in [9.17, 15) is 4.79 Å². The van der Waals surface area contributed by atoms with Gasteiger partial charge in [0.2, 0.25) is 5.95 Å². The highest BCUT2D eigenvalue weighted by molar-refractivity contribution is 14.1. The van der Waals surface area contributed by atoms with Gasteiger partial charge >= 0.3 is 0 Å². The molecule has 2 N–H and O–H groups in total. The fourth-order valence-electron chi connectivity index (χ4n) is 4.23. The van der Waals surface area contributed by atoms with E-state index in [4.69, 9.17) is 9.72 Å². The van der Waals surface area contributed by atoms with Gasteiger partial charge in [-0.05, 0) is 94.1 Å². The number of carbonyl (C=O) groups is 1. The number of benzene rings is 3. The Morgan fingerprint density at radius 2 is 1.73 bits per heavy atom. The van der Waals surface area contributed by atoms with Crippen LogP contribution in [0.4, 0.5) is 11.6 Å². The predicted molar refractivity (Wildman–Crippen MR) is 148 cm³/mol. The molecule has 1 aliphatic rings. The van der Waals surface area contributed by atoms with E-state index < -0.39 is 0 Å². The summed E-state index contributed by atoms with van der Waals surface area (Å²) in [4.78, 5) is 18.4. The van der Waals surface area contributed by atoms with Crippen LogP contribution in [0.15, 0.2) is 78.0 Å². The minimum absolute atomic E-state index is 0.152. The van der Waals surface area contributed by atoms with Crippen LogP contribution < -0.4 is 15.4 Å². The number of anilines is 2. The van der Waals surface area contributed by atoms with Crippen molar-refractivity contribution in [2.75, 3.05) is 17.7 Å². The first-order valence-corrected chi connectivity index (χ1v) is 12.5. The Labute approximate surface area is 218 Å². The van der Waals surface area contributed by atoms with Gasteiger partial charge in [-0.3, -0.25) is 9.36 Å². The van der Waals surface area contributed by atoms with Crippen molar-refractivity contribution < 1.29 is 9.53 Å². The molecule has 3 aromatic carbocycles. The van der Waals surface area contributed by atoms with Crippen molar-refractivity contribution in [1.82, 2.24) is 9.55 Å². The molecule has 1 aromatic heterocycles. The number of allylic oxidation sites excluding steroid dienone is 1. The van der Waals surface area contributed by atoms with Gasteiger partial charge in [-0.1, -0.05) is 30.3 Å². The van der Waals surface area contributed by atoms with Crippen molar-refractivity contribution in [3.05, 3.63) is 90.7 Å². The van der Waals surface area contributed by atoms with E-state index in [1.165, 1.54) is 0 Å². The van der Waals surface area contributed by atoms with Gasteiger partial charge < -0.3 is 15.4 Å². The quantitative estimate of drug-likeness (QED) is 0.257. The van der Waals surface area contributed by atoms with Gasteiger partial charge in [0.1, 0.15) is 5.75 Å². The lowest BCUT2D eigenvalue weighted by Crippen LogP contribution is -2.31. The summed E-state index contributed by atoms with van der Waals surface area (Å²) in [6, 6.07) is 21.3. The second kappa shape index (κ2) is 8.98. The number of para-hydroxylation sites is 3. The molecular formula is C25H20I2N4O2.